The Labute approximate surface area is 167 Å². The number of hydrogen-bond donors (Lipinski definition) is 4. The molecule has 11 heteroatoms. The largest absolute Gasteiger partial charge is 0.352 e. The lowest BCUT2D eigenvalue weighted by Crippen LogP contribution is -2.42. The highest BCUT2D eigenvalue weighted by Crippen LogP contribution is 2.34. The predicted molar refractivity (Wildman–Crippen MR) is 102 cm³/mol. The van der Waals surface area contributed by atoms with Crippen molar-refractivity contribution in [2.24, 2.45) is 0 Å². The van der Waals surface area contributed by atoms with Crippen molar-refractivity contribution in [3.05, 3.63) is 54.4 Å². The molecule has 0 bridgehead atoms. The summed E-state index contributed by atoms with van der Waals surface area (Å²) in [5.74, 6) is 0. The molecule has 2 aromatic carbocycles. The van der Waals surface area contributed by atoms with E-state index >= 15 is 0 Å². The van der Waals surface area contributed by atoms with E-state index in [1.807, 2.05) is 0 Å². The van der Waals surface area contributed by atoms with Crippen molar-refractivity contribution in [3.8, 4) is 0 Å². The number of carbonyl (C=O) groups excluding carboxylic acids is 1. The maximum absolute atomic E-state index is 11.8. The SMILES string of the molecule is O=C(NNc1c(Cl)cc(Cl)cc1Cl)NNc1c(Cl)cc(Cl)cc1Cl. The molecule has 0 heterocycles. The van der Waals surface area contributed by atoms with Gasteiger partial charge in [-0.05, 0) is 24.3 Å². The third kappa shape index (κ3) is 5.02. The van der Waals surface area contributed by atoms with Gasteiger partial charge in [-0.15, -0.1) is 0 Å². The monoisotopic (exact) mass is 446 g/mol. The van der Waals surface area contributed by atoms with Crippen LogP contribution < -0.4 is 21.7 Å². The molecule has 0 radical (unpaired) electrons. The Morgan fingerprint density at radius 3 is 1.21 bits per heavy atom. The lowest BCUT2D eigenvalue weighted by molar-refractivity contribution is 0.244. The van der Waals surface area contributed by atoms with Crippen LogP contribution in [-0.2, 0) is 0 Å². The Morgan fingerprint density at radius 2 is 0.917 bits per heavy atom. The molecule has 0 saturated carbocycles. The minimum atomic E-state index is -0.654. The third-order valence-corrected chi connectivity index (χ3v) is 4.24. The molecule has 4 N–H and O–H groups in total. The van der Waals surface area contributed by atoms with E-state index in [2.05, 4.69) is 21.7 Å². The first-order chi connectivity index (χ1) is 11.3. The molecule has 0 aliphatic carbocycles. The van der Waals surface area contributed by atoms with E-state index in [9.17, 15) is 4.79 Å². The van der Waals surface area contributed by atoms with Crippen molar-refractivity contribution in [2.45, 2.75) is 0 Å². The molecular weight excluding hydrogens is 441 g/mol. The minimum absolute atomic E-state index is 0.240. The highest BCUT2D eigenvalue weighted by molar-refractivity contribution is 6.42. The summed E-state index contributed by atoms with van der Waals surface area (Å²) in [6.07, 6.45) is 0. The summed E-state index contributed by atoms with van der Waals surface area (Å²) in [5, 5.41) is 1.70. The first-order valence-electron chi connectivity index (χ1n) is 6.15. The fraction of sp³-hybridized carbons (Fsp3) is 0. The number of halogens is 6. The van der Waals surface area contributed by atoms with Gasteiger partial charge in [0.05, 0.1) is 31.5 Å². The quantitative estimate of drug-likeness (QED) is 0.417. The molecule has 2 aromatic rings. The van der Waals surface area contributed by atoms with Crippen molar-refractivity contribution in [3.63, 3.8) is 0 Å². The zero-order valence-electron chi connectivity index (χ0n) is 11.5. The Hall–Kier alpha value is -0.950. The van der Waals surface area contributed by atoms with Crippen LogP contribution in [0.25, 0.3) is 0 Å². The average molecular weight is 449 g/mol. The van der Waals surface area contributed by atoms with Crippen molar-refractivity contribution in [1.29, 1.82) is 0 Å². The zero-order chi connectivity index (χ0) is 17.9. The molecular formula is C13H8Cl6N4O. The standard InChI is InChI=1S/C13H8Cl6N4O/c14-5-1-7(16)11(8(17)2-5)20-22-13(24)23-21-12-9(18)3-6(15)4-10(12)19/h1-4,20-21H,(H2,22,23,24). The fourth-order valence-electron chi connectivity index (χ4n) is 1.59. The van der Waals surface area contributed by atoms with Gasteiger partial charge >= 0.3 is 6.03 Å². The summed E-state index contributed by atoms with van der Waals surface area (Å²) in [7, 11) is 0. The fourth-order valence-corrected chi connectivity index (χ4v) is 3.42. The average Bonchev–Trinajstić information content (AvgIpc) is 2.44. The van der Waals surface area contributed by atoms with E-state index in [0.29, 0.717) is 21.4 Å². The molecule has 0 spiro atoms. The van der Waals surface area contributed by atoms with Gasteiger partial charge in [0.15, 0.2) is 0 Å². The van der Waals surface area contributed by atoms with E-state index in [1.165, 1.54) is 24.3 Å². The number of benzene rings is 2. The van der Waals surface area contributed by atoms with Gasteiger partial charge in [0.1, 0.15) is 0 Å². The number of hydrogen-bond acceptors (Lipinski definition) is 3. The number of nitrogens with one attached hydrogen (secondary N) is 4. The van der Waals surface area contributed by atoms with Gasteiger partial charge in [0.25, 0.3) is 0 Å². The summed E-state index contributed by atoms with van der Waals surface area (Å²) in [6, 6.07) is 5.24. The Kier molecular flexibility index (Phi) is 6.80. The number of amides is 2. The van der Waals surface area contributed by atoms with E-state index in [0.717, 1.165) is 0 Å². The van der Waals surface area contributed by atoms with Crippen LogP contribution in [0.3, 0.4) is 0 Å². The van der Waals surface area contributed by atoms with Crippen LogP contribution >= 0.6 is 69.6 Å². The molecule has 0 aliphatic heterocycles. The number of anilines is 2. The van der Waals surface area contributed by atoms with Crippen LogP contribution in [-0.4, -0.2) is 6.03 Å². The Morgan fingerprint density at radius 1 is 0.625 bits per heavy atom. The second kappa shape index (κ2) is 8.43. The summed E-state index contributed by atoms with van der Waals surface area (Å²) in [4.78, 5) is 11.8. The normalized spacial score (nSPS) is 10.2. The van der Waals surface area contributed by atoms with Gasteiger partial charge in [-0.3, -0.25) is 21.7 Å². The molecule has 2 amide bonds. The first-order valence-corrected chi connectivity index (χ1v) is 8.42. The second-order valence-electron chi connectivity index (χ2n) is 4.32. The van der Waals surface area contributed by atoms with Crippen molar-refractivity contribution in [2.75, 3.05) is 10.9 Å². The van der Waals surface area contributed by atoms with Crippen LogP contribution in [0.1, 0.15) is 0 Å². The number of hydrazine groups is 2. The molecule has 0 aliphatic rings. The summed E-state index contributed by atoms with van der Waals surface area (Å²) in [5.41, 5.74) is 10.4. The highest BCUT2D eigenvalue weighted by Gasteiger charge is 2.11. The van der Waals surface area contributed by atoms with Gasteiger partial charge in [0, 0.05) is 10.0 Å². The molecule has 0 unspecified atom stereocenters. The van der Waals surface area contributed by atoms with Crippen LogP contribution in [0.5, 0.6) is 0 Å². The maximum atomic E-state index is 11.8. The zero-order valence-corrected chi connectivity index (χ0v) is 16.0. The number of rotatable bonds is 4. The minimum Gasteiger partial charge on any atom is -0.294 e. The summed E-state index contributed by atoms with van der Waals surface area (Å²) < 4.78 is 0. The van der Waals surface area contributed by atoms with Crippen molar-refractivity contribution < 1.29 is 4.79 Å². The molecule has 128 valence electrons. The third-order valence-electron chi connectivity index (χ3n) is 2.62. The van der Waals surface area contributed by atoms with Crippen LogP contribution in [0, 0.1) is 0 Å². The summed E-state index contributed by atoms with van der Waals surface area (Å²) >= 11 is 35.5. The smallest absolute Gasteiger partial charge is 0.294 e. The van der Waals surface area contributed by atoms with E-state index in [4.69, 9.17) is 69.6 Å². The van der Waals surface area contributed by atoms with Gasteiger partial charge in [-0.25, -0.2) is 4.79 Å². The molecule has 0 aromatic heterocycles. The number of carbonyl (C=O) groups is 1. The van der Waals surface area contributed by atoms with Gasteiger partial charge in [0.2, 0.25) is 0 Å². The van der Waals surface area contributed by atoms with Crippen LogP contribution in [0.4, 0.5) is 16.2 Å². The maximum Gasteiger partial charge on any atom is 0.352 e. The molecule has 0 saturated heterocycles. The molecule has 0 fully saturated rings. The lowest BCUT2D eigenvalue weighted by atomic mass is 10.3. The Bertz CT molecular complexity index is 676. The number of urea groups is 1. The summed E-state index contributed by atoms with van der Waals surface area (Å²) in [6.45, 7) is 0. The second-order valence-corrected chi connectivity index (χ2v) is 6.82. The van der Waals surface area contributed by atoms with E-state index in [-0.39, 0.29) is 20.1 Å². The molecule has 2 rings (SSSR count). The van der Waals surface area contributed by atoms with Crippen LogP contribution in [0.2, 0.25) is 30.1 Å². The van der Waals surface area contributed by atoms with E-state index in [1.54, 1.807) is 0 Å². The van der Waals surface area contributed by atoms with Gasteiger partial charge < -0.3 is 0 Å². The molecule has 24 heavy (non-hydrogen) atoms. The lowest BCUT2D eigenvalue weighted by Gasteiger charge is -2.15. The predicted octanol–water partition coefficient (Wildman–Crippen LogP) is 6.26. The molecule has 0 atom stereocenters. The molecule has 5 nitrogen and oxygen atoms in total. The van der Waals surface area contributed by atoms with Crippen LogP contribution in [0.15, 0.2) is 24.3 Å². The van der Waals surface area contributed by atoms with Gasteiger partial charge in [-0.2, -0.15) is 0 Å². The first kappa shape index (κ1) is 19.4. The van der Waals surface area contributed by atoms with Crippen molar-refractivity contribution in [1.82, 2.24) is 10.9 Å². The van der Waals surface area contributed by atoms with E-state index < -0.39 is 6.03 Å². The van der Waals surface area contributed by atoms with Gasteiger partial charge in [-0.1, -0.05) is 69.6 Å². The topological polar surface area (TPSA) is 65.2 Å². The highest BCUT2D eigenvalue weighted by atomic mass is 35.5. The Balaban J connectivity index is 1.96. The van der Waals surface area contributed by atoms with Crippen molar-refractivity contribution >= 4 is 87.0 Å².